The third-order valence-electron chi connectivity index (χ3n) is 2.12. The molecule has 1 amide bonds. The SMILES string of the molecule is CC(C)CCNC(=O)CSc1nc(N)cc(=O)[nH]1. The van der Waals surface area contributed by atoms with E-state index in [1.807, 2.05) is 0 Å². The molecule has 7 heteroatoms. The van der Waals surface area contributed by atoms with E-state index in [4.69, 9.17) is 5.73 Å². The number of nitrogen functional groups attached to an aromatic ring is 1. The summed E-state index contributed by atoms with van der Waals surface area (Å²) in [5, 5.41) is 3.16. The van der Waals surface area contributed by atoms with Crippen LogP contribution in [0.15, 0.2) is 16.0 Å². The molecule has 18 heavy (non-hydrogen) atoms. The number of amides is 1. The van der Waals surface area contributed by atoms with Crippen LogP contribution in [0.5, 0.6) is 0 Å². The predicted octanol–water partition coefficient (Wildman–Crippen LogP) is 0.607. The van der Waals surface area contributed by atoms with Crippen molar-refractivity contribution < 1.29 is 4.79 Å². The fourth-order valence-electron chi connectivity index (χ4n) is 1.21. The summed E-state index contributed by atoms with van der Waals surface area (Å²) in [6.07, 6.45) is 0.948. The molecule has 1 aromatic heterocycles. The molecule has 6 nitrogen and oxygen atoms in total. The fourth-order valence-corrected chi connectivity index (χ4v) is 1.92. The first kappa shape index (κ1) is 14.6. The van der Waals surface area contributed by atoms with Gasteiger partial charge in [-0.3, -0.25) is 9.59 Å². The van der Waals surface area contributed by atoms with Crippen LogP contribution in [0.4, 0.5) is 5.82 Å². The minimum atomic E-state index is -0.315. The van der Waals surface area contributed by atoms with Crippen molar-refractivity contribution >= 4 is 23.5 Å². The summed E-state index contributed by atoms with van der Waals surface area (Å²) in [5.74, 6) is 0.849. The zero-order chi connectivity index (χ0) is 13.5. The molecule has 0 unspecified atom stereocenters. The summed E-state index contributed by atoms with van der Waals surface area (Å²) >= 11 is 1.16. The number of nitrogens with two attached hydrogens (primary N) is 1. The van der Waals surface area contributed by atoms with Crippen LogP contribution >= 0.6 is 11.8 Å². The molecule has 1 heterocycles. The lowest BCUT2D eigenvalue weighted by Crippen LogP contribution is -2.27. The maximum atomic E-state index is 11.5. The van der Waals surface area contributed by atoms with E-state index in [9.17, 15) is 9.59 Å². The molecule has 0 aliphatic heterocycles. The van der Waals surface area contributed by atoms with Crippen LogP contribution in [0.25, 0.3) is 0 Å². The van der Waals surface area contributed by atoms with Crippen molar-refractivity contribution in [2.45, 2.75) is 25.4 Å². The van der Waals surface area contributed by atoms with Gasteiger partial charge in [-0.1, -0.05) is 25.6 Å². The zero-order valence-electron chi connectivity index (χ0n) is 10.5. The van der Waals surface area contributed by atoms with E-state index in [0.717, 1.165) is 18.2 Å². The highest BCUT2D eigenvalue weighted by molar-refractivity contribution is 7.99. The summed E-state index contributed by atoms with van der Waals surface area (Å²) < 4.78 is 0. The second-order valence-electron chi connectivity index (χ2n) is 4.30. The topological polar surface area (TPSA) is 101 Å². The third kappa shape index (κ3) is 5.72. The van der Waals surface area contributed by atoms with Crippen molar-refractivity contribution in [1.29, 1.82) is 0 Å². The lowest BCUT2D eigenvalue weighted by atomic mass is 10.1. The number of nitrogens with one attached hydrogen (secondary N) is 2. The molecule has 0 aliphatic rings. The van der Waals surface area contributed by atoms with E-state index in [2.05, 4.69) is 29.1 Å². The van der Waals surface area contributed by atoms with Gasteiger partial charge in [-0.2, -0.15) is 0 Å². The molecule has 1 aromatic rings. The van der Waals surface area contributed by atoms with Gasteiger partial charge in [-0.25, -0.2) is 4.98 Å². The molecular weight excluding hydrogens is 252 g/mol. The first-order valence-electron chi connectivity index (χ1n) is 5.73. The Hall–Kier alpha value is -1.50. The molecule has 0 fully saturated rings. The Morgan fingerprint density at radius 2 is 2.33 bits per heavy atom. The second-order valence-corrected chi connectivity index (χ2v) is 5.26. The Kier molecular flexibility index (Phi) is 5.70. The summed E-state index contributed by atoms with van der Waals surface area (Å²) in [7, 11) is 0. The van der Waals surface area contributed by atoms with Crippen molar-refractivity contribution in [3.63, 3.8) is 0 Å². The number of anilines is 1. The van der Waals surface area contributed by atoms with Gasteiger partial charge in [0.2, 0.25) is 5.91 Å². The van der Waals surface area contributed by atoms with Crippen LogP contribution in [0.1, 0.15) is 20.3 Å². The number of hydrogen-bond acceptors (Lipinski definition) is 5. The van der Waals surface area contributed by atoms with E-state index in [1.165, 1.54) is 6.07 Å². The van der Waals surface area contributed by atoms with E-state index in [1.54, 1.807) is 0 Å². The third-order valence-corrected chi connectivity index (χ3v) is 3.00. The minimum Gasteiger partial charge on any atom is -0.383 e. The molecule has 4 N–H and O–H groups in total. The molecule has 0 saturated carbocycles. The minimum absolute atomic E-state index is 0.0780. The predicted molar refractivity (Wildman–Crippen MR) is 72.5 cm³/mol. The maximum absolute atomic E-state index is 11.5. The van der Waals surface area contributed by atoms with Gasteiger partial charge in [-0.05, 0) is 12.3 Å². The first-order valence-corrected chi connectivity index (χ1v) is 6.72. The number of aromatic nitrogens is 2. The monoisotopic (exact) mass is 270 g/mol. The number of carbonyl (C=O) groups excluding carboxylic acids is 1. The summed E-state index contributed by atoms with van der Waals surface area (Å²) in [5.41, 5.74) is 5.12. The summed E-state index contributed by atoms with van der Waals surface area (Å²) in [6.45, 7) is 4.86. The van der Waals surface area contributed by atoms with E-state index >= 15 is 0 Å². The standard InChI is InChI=1S/C11H18N4O2S/c1-7(2)3-4-13-10(17)6-18-11-14-8(12)5-9(16)15-11/h5,7H,3-4,6H2,1-2H3,(H,13,17)(H3,12,14,15,16). The Morgan fingerprint density at radius 3 is 2.94 bits per heavy atom. The number of thioether (sulfide) groups is 1. The van der Waals surface area contributed by atoms with Crippen LogP contribution in [-0.2, 0) is 4.79 Å². The Balaban J connectivity index is 2.36. The van der Waals surface area contributed by atoms with Crippen LogP contribution in [0, 0.1) is 5.92 Å². The van der Waals surface area contributed by atoms with Crippen LogP contribution in [0.3, 0.4) is 0 Å². The molecule has 100 valence electrons. The number of carbonyl (C=O) groups is 1. The number of hydrogen-bond donors (Lipinski definition) is 3. The van der Waals surface area contributed by atoms with Crippen molar-refractivity contribution in [2.75, 3.05) is 18.0 Å². The first-order chi connectivity index (χ1) is 8.47. The summed E-state index contributed by atoms with van der Waals surface area (Å²) in [4.78, 5) is 29.0. The van der Waals surface area contributed by atoms with Crippen molar-refractivity contribution in [3.8, 4) is 0 Å². The molecule has 0 saturated heterocycles. The van der Waals surface area contributed by atoms with Gasteiger partial charge < -0.3 is 16.0 Å². The maximum Gasteiger partial charge on any atom is 0.253 e. The quantitative estimate of drug-likeness (QED) is 0.519. The van der Waals surface area contributed by atoms with E-state index in [0.29, 0.717) is 17.6 Å². The van der Waals surface area contributed by atoms with Gasteiger partial charge in [0.25, 0.3) is 5.56 Å². The molecule has 0 spiro atoms. The molecule has 0 aromatic carbocycles. The van der Waals surface area contributed by atoms with Gasteiger partial charge >= 0.3 is 0 Å². The molecule has 0 radical (unpaired) electrons. The van der Waals surface area contributed by atoms with E-state index < -0.39 is 0 Å². The smallest absolute Gasteiger partial charge is 0.253 e. The zero-order valence-corrected chi connectivity index (χ0v) is 11.3. The van der Waals surface area contributed by atoms with E-state index in [-0.39, 0.29) is 23.0 Å². The molecule has 0 aliphatic carbocycles. The Labute approximate surface area is 110 Å². The number of aromatic amines is 1. The molecule has 0 bridgehead atoms. The Bertz CT molecular complexity index is 459. The average molecular weight is 270 g/mol. The highest BCUT2D eigenvalue weighted by Crippen LogP contribution is 2.11. The summed E-state index contributed by atoms with van der Waals surface area (Å²) in [6, 6.07) is 1.20. The van der Waals surface area contributed by atoms with Crippen LogP contribution in [-0.4, -0.2) is 28.2 Å². The van der Waals surface area contributed by atoms with Crippen molar-refractivity contribution in [1.82, 2.24) is 15.3 Å². The lowest BCUT2D eigenvalue weighted by Gasteiger charge is -2.06. The van der Waals surface area contributed by atoms with Gasteiger partial charge in [-0.15, -0.1) is 0 Å². The highest BCUT2D eigenvalue weighted by atomic mass is 32.2. The van der Waals surface area contributed by atoms with Crippen LogP contribution < -0.4 is 16.6 Å². The lowest BCUT2D eigenvalue weighted by molar-refractivity contribution is -0.118. The number of nitrogens with zero attached hydrogens (tertiary/aromatic N) is 1. The van der Waals surface area contributed by atoms with Crippen molar-refractivity contribution in [3.05, 3.63) is 16.4 Å². The normalized spacial score (nSPS) is 10.6. The molecule has 0 atom stereocenters. The van der Waals surface area contributed by atoms with Gasteiger partial charge in [0.15, 0.2) is 5.16 Å². The average Bonchev–Trinajstić information content (AvgIpc) is 2.24. The molecule has 1 rings (SSSR count). The second kappa shape index (κ2) is 7.05. The largest absolute Gasteiger partial charge is 0.383 e. The van der Waals surface area contributed by atoms with Gasteiger partial charge in [0.1, 0.15) is 5.82 Å². The molecular formula is C11H18N4O2S. The fraction of sp³-hybridized carbons (Fsp3) is 0.545. The Morgan fingerprint density at radius 1 is 1.61 bits per heavy atom. The number of H-pyrrole nitrogens is 1. The van der Waals surface area contributed by atoms with Gasteiger partial charge in [0, 0.05) is 12.6 Å². The van der Waals surface area contributed by atoms with Gasteiger partial charge in [0.05, 0.1) is 5.75 Å². The van der Waals surface area contributed by atoms with Crippen LogP contribution in [0.2, 0.25) is 0 Å². The van der Waals surface area contributed by atoms with Crippen molar-refractivity contribution in [2.24, 2.45) is 5.92 Å². The number of rotatable bonds is 6. The highest BCUT2D eigenvalue weighted by Gasteiger charge is 2.05.